The van der Waals surface area contributed by atoms with E-state index in [1.807, 2.05) is 48.5 Å². The van der Waals surface area contributed by atoms with Crippen molar-refractivity contribution in [3.63, 3.8) is 0 Å². The number of ether oxygens (including phenoxy) is 1. The molecule has 0 heterocycles. The molecule has 5 heteroatoms. The summed E-state index contributed by atoms with van der Waals surface area (Å²) in [6, 6.07) is 15.6. The van der Waals surface area contributed by atoms with E-state index in [1.165, 1.54) is 6.08 Å². The van der Waals surface area contributed by atoms with Gasteiger partial charge < -0.3 is 15.6 Å². The van der Waals surface area contributed by atoms with Gasteiger partial charge in [-0.1, -0.05) is 60.7 Å². The number of benzene rings is 2. The number of carbonyl (C=O) groups is 2. The van der Waals surface area contributed by atoms with Gasteiger partial charge in [0.05, 0.1) is 0 Å². The zero-order chi connectivity index (χ0) is 18.3. The molecule has 132 valence electrons. The summed E-state index contributed by atoms with van der Waals surface area (Å²) in [5.41, 5.74) is 8.51. The Labute approximate surface area is 151 Å². The minimum atomic E-state index is -1.68. The van der Waals surface area contributed by atoms with Gasteiger partial charge in [0, 0.05) is 12.0 Å². The molecule has 2 aliphatic rings. The molecule has 2 aromatic carbocycles. The highest BCUT2D eigenvalue weighted by Gasteiger charge is 2.49. The van der Waals surface area contributed by atoms with Crippen LogP contribution in [0.25, 0.3) is 11.1 Å². The van der Waals surface area contributed by atoms with Crippen LogP contribution in [0, 0.1) is 5.41 Å². The van der Waals surface area contributed by atoms with Crippen molar-refractivity contribution in [3.8, 4) is 11.1 Å². The summed E-state index contributed by atoms with van der Waals surface area (Å²) in [5, 5.41) is 9.55. The third kappa shape index (κ3) is 2.44. The maximum Gasteiger partial charge on any atom is 0.327 e. The van der Waals surface area contributed by atoms with Crippen LogP contribution < -0.4 is 5.73 Å². The number of carbonyl (C=O) groups excluding carboxylic acids is 1. The Bertz CT molecular complexity index is 874. The van der Waals surface area contributed by atoms with Crippen molar-refractivity contribution < 1.29 is 19.4 Å². The third-order valence-electron chi connectivity index (χ3n) is 5.28. The highest BCUT2D eigenvalue weighted by atomic mass is 16.5. The first-order valence-corrected chi connectivity index (χ1v) is 8.57. The molecule has 0 radical (unpaired) electrons. The molecule has 5 nitrogen and oxygen atoms in total. The normalized spacial score (nSPS) is 23.5. The molecule has 2 aliphatic carbocycles. The van der Waals surface area contributed by atoms with Crippen LogP contribution >= 0.6 is 0 Å². The summed E-state index contributed by atoms with van der Waals surface area (Å²) >= 11 is 0. The average Bonchev–Trinajstić information content (AvgIpc) is 3.19. The summed E-state index contributed by atoms with van der Waals surface area (Å²) in [6.45, 7) is 0.102. The minimum Gasteiger partial charge on any atom is -0.480 e. The number of rotatable bonds is 4. The Morgan fingerprint density at radius 1 is 1.08 bits per heavy atom. The van der Waals surface area contributed by atoms with Gasteiger partial charge in [-0.2, -0.15) is 0 Å². The van der Waals surface area contributed by atoms with Gasteiger partial charge in [0.15, 0.2) is 5.41 Å². The van der Waals surface area contributed by atoms with Gasteiger partial charge in [-0.25, -0.2) is 0 Å². The lowest BCUT2D eigenvalue weighted by Gasteiger charge is -2.23. The number of aliphatic carboxylic acids is 1. The quantitative estimate of drug-likeness (QED) is 0.503. The molecule has 0 spiro atoms. The van der Waals surface area contributed by atoms with Gasteiger partial charge in [0.2, 0.25) is 0 Å². The SMILES string of the molecule is N[C@@H]1C=C[C@](C(=O)O)(C(=O)OCC2c3ccccc3-c3ccccc32)C1. The largest absolute Gasteiger partial charge is 0.480 e. The highest BCUT2D eigenvalue weighted by Crippen LogP contribution is 2.45. The van der Waals surface area contributed by atoms with Crippen LogP contribution in [0.15, 0.2) is 60.7 Å². The molecular formula is C21H19NO4. The number of esters is 1. The zero-order valence-corrected chi connectivity index (χ0v) is 14.1. The standard InChI is InChI=1S/C21H19NO4/c22-13-9-10-21(11-13,19(23)24)20(25)26-12-18-16-7-3-1-5-14(16)15-6-2-4-8-17(15)18/h1-10,13,18H,11-12,22H2,(H,23,24)/t13-,21+/m1/s1. The lowest BCUT2D eigenvalue weighted by Crippen LogP contribution is -2.40. The molecule has 0 bridgehead atoms. The minimum absolute atomic E-state index is 0.0268. The number of carboxylic acids is 1. The van der Waals surface area contributed by atoms with E-state index in [2.05, 4.69) is 0 Å². The van der Waals surface area contributed by atoms with E-state index >= 15 is 0 Å². The lowest BCUT2D eigenvalue weighted by molar-refractivity contribution is -0.165. The predicted octanol–water partition coefficient (Wildman–Crippen LogP) is 2.70. The molecule has 0 amide bonds. The van der Waals surface area contributed by atoms with E-state index in [9.17, 15) is 14.7 Å². The molecule has 0 aliphatic heterocycles. The van der Waals surface area contributed by atoms with E-state index < -0.39 is 23.4 Å². The molecule has 0 aromatic heterocycles. The number of fused-ring (bicyclic) bond motifs is 3. The van der Waals surface area contributed by atoms with Gasteiger partial charge in [-0.05, 0) is 28.7 Å². The van der Waals surface area contributed by atoms with Crippen LogP contribution in [0.2, 0.25) is 0 Å². The molecular weight excluding hydrogens is 330 g/mol. The fourth-order valence-electron chi connectivity index (χ4n) is 3.92. The Kier molecular flexibility index (Phi) is 3.89. The van der Waals surface area contributed by atoms with Crippen LogP contribution in [0.1, 0.15) is 23.5 Å². The first-order chi connectivity index (χ1) is 12.5. The molecule has 26 heavy (non-hydrogen) atoms. The molecule has 3 N–H and O–H groups in total. The van der Waals surface area contributed by atoms with Gasteiger partial charge in [0.25, 0.3) is 0 Å². The van der Waals surface area contributed by atoms with Gasteiger partial charge in [0.1, 0.15) is 6.61 Å². The van der Waals surface area contributed by atoms with E-state index in [-0.39, 0.29) is 18.9 Å². The maximum absolute atomic E-state index is 12.6. The Morgan fingerprint density at radius 3 is 2.15 bits per heavy atom. The highest BCUT2D eigenvalue weighted by molar-refractivity contribution is 6.02. The van der Waals surface area contributed by atoms with E-state index in [0.29, 0.717) is 0 Å². The topological polar surface area (TPSA) is 89.6 Å². The second-order valence-corrected chi connectivity index (χ2v) is 6.83. The van der Waals surface area contributed by atoms with E-state index in [0.717, 1.165) is 22.3 Å². The first kappa shape index (κ1) is 16.5. The molecule has 0 saturated heterocycles. The van der Waals surface area contributed by atoms with Gasteiger partial charge >= 0.3 is 11.9 Å². The number of hydrogen-bond donors (Lipinski definition) is 2. The van der Waals surface area contributed by atoms with Crippen molar-refractivity contribution in [1.82, 2.24) is 0 Å². The van der Waals surface area contributed by atoms with Crippen molar-refractivity contribution in [3.05, 3.63) is 71.8 Å². The fourth-order valence-corrected chi connectivity index (χ4v) is 3.92. The summed E-state index contributed by atoms with van der Waals surface area (Å²) < 4.78 is 5.51. The second kappa shape index (κ2) is 6.11. The Morgan fingerprint density at radius 2 is 1.65 bits per heavy atom. The number of carboxylic acid groups (broad SMARTS) is 1. The number of hydrogen-bond acceptors (Lipinski definition) is 4. The summed E-state index contributed by atoms with van der Waals surface area (Å²) in [4.78, 5) is 24.3. The monoisotopic (exact) mass is 349 g/mol. The molecule has 0 fully saturated rings. The van der Waals surface area contributed by atoms with Crippen molar-refractivity contribution in [2.45, 2.75) is 18.4 Å². The molecule has 0 unspecified atom stereocenters. The lowest BCUT2D eigenvalue weighted by atomic mass is 9.87. The van der Waals surface area contributed by atoms with Crippen LogP contribution in [0.5, 0.6) is 0 Å². The maximum atomic E-state index is 12.6. The van der Waals surface area contributed by atoms with E-state index in [1.54, 1.807) is 6.08 Å². The van der Waals surface area contributed by atoms with Crippen molar-refractivity contribution in [1.29, 1.82) is 0 Å². The second-order valence-electron chi connectivity index (χ2n) is 6.83. The summed E-state index contributed by atoms with van der Waals surface area (Å²) in [6.07, 6.45) is 2.94. The van der Waals surface area contributed by atoms with Crippen LogP contribution in [-0.4, -0.2) is 29.7 Å². The smallest absolute Gasteiger partial charge is 0.327 e. The van der Waals surface area contributed by atoms with E-state index in [4.69, 9.17) is 10.5 Å². The summed E-state index contributed by atoms with van der Waals surface area (Å²) in [5.74, 6) is -2.08. The number of nitrogens with two attached hydrogens (primary N) is 1. The summed E-state index contributed by atoms with van der Waals surface area (Å²) in [7, 11) is 0. The molecule has 2 atom stereocenters. The van der Waals surface area contributed by atoms with Gasteiger partial charge in [-0.15, -0.1) is 0 Å². The third-order valence-corrected chi connectivity index (χ3v) is 5.28. The molecule has 4 rings (SSSR count). The Balaban J connectivity index is 1.60. The van der Waals surface area contributed by atoms with Crippen LogP contribution in [-0.2, 0) is 14.3 Å². The average molecular weight is 349 g/mol. The molecule has 0 saturated carbocycles. The van der Waals surface area contributed by atoms with Crippen LogP contribution in [0.4, 0.5) is 0 Å². The van der Waals surface area contributed by atoms with Gasteiger partial charge in [-0.3, -0.25) is 9.59 Å². The molecule has 2 aromatic rings. The van der Waals surface area contributed by atoms with Crippen molar-refractivity contribution >= 4 is 11.9 Å². The first-order valence-electron chi connectivity index (χ1n) is 8.57. The van der Waals surface area contributed by atoms with Crippen LogP contribution in [0.3, 0.4) is 0 Å². The zero-order valence-electron chi connectivity index (χ0n) is 14.1. The van der Waals surface area contributed by atoms with Crippen molar-refractivity contribution in [2.75, 3.05) is 6.61 Å². The Hall–Kier alpha value is -2.92. The predicted molar refractivity (Wildman–Crippen MR) is 96.5 cm³/mol. The fraction of sp³-hybridized carbons (Fsp3) is 0.238. The van der Waals surface area contributed by atoms with Crippen molar-refractivity contribution in [2.24, 2.45) is 11.1 Å².